The zero-order valence-electron chi connectivity index (χ0n) is 8.03. The van der Waals surface area contributed by atoms with Crippen LogP contribution in [-0.4, -0.2) is 25.0 Å². The Bertz CT molecular complexity index is 258. The van der Waals surface area contributed by atoms with E-state index in [1.54, 1.807) is 0 Å². The molecule has 13 heavy (non-hydrogen) atoms. The van der Waals surface area contributed by atoms with Gasteiger partial charge in [-0.05, 0) is 25.6 Å². The maximum Gasteiger partial charge on any atom is 0.0858 e. The maximum atomic E-state index is 3.51. The molecule has 0 bridgehead atoms. The van der Waals surface area contributed by atoms with E-state index in [4.69, 9.17) is 0 Å². The maximum absolute atomic E-state index is 3.51. The van der Waals surface area contributed by atoms with E-state index in [-0.39, 0.29) is 0 Å². The van der Waals surface area contributed by atoms with Gasteiger partial charge in [-0.15, -0.1) is 0 Å². The Labute approximate surface area is 79.6 Å². The minimum Gasteiger partial charge on any atom is -0.298 e. The Balaban J connectivity index is 2.15. The molecule has 2 nitrogen and oxygen atoms in total. The monoisotopic (exact) mass is 176 g/mol. The number of nitrogens with zero attached hydrogens (tertiary/aromatic N) is 1. The molecule has 1 atom stereocenters. The number of benzene rings is 1. The number of hydrogen-bond acceptors (Lipinski definition) is 2. The highest BCUT2D eigenvalue weighted by Gasteiger charge is 2.18. The molecule has 1 heterocycles. The van der Waals surface area contributed by atoms with E-state index in [9.17, 15) is 0 Å². The summed E-state index contributed by atoms with van der Waals surface area (Å²) in [6.07, 6.45) is 1.66. The predicted molar refractivity (Wildman–Crippen MR) is 54.4 cm³/mol. The lowest BCUT2D eigenvalue weighted by Gasteiger charge is -2.33. The third kappa shape index (κ3) is 1.90. The van der Waals surface area contributed by atoms with Crippen molar-refractivity contribution in [1.82, 2.24) is 10.2 Å². The summed E-state index contributed by atoms with van der Waals surface area (Å²) in [5, 5.41) is 3.51. The summed E-state index contributed by atoms with van der Waals surface area (Å²) in [7, 11) is 2.17. The lowest BCUT2D eigenvalue weighted by molar-refractivity contribution is 0.167. The summed E-state index contributed by atoms with van der Waals surface area (Å²) < 4.78 is 0. The summed E-state index contributed by atoms with van der Waals surface area (Å²) in [5.74, 6) is 0. The lowest BCUT2D eigenvalue weighted by atomic mass is 10.1. The summed E-state index contributed by atoms with van der Waals surface area (Å²) >= 11 is 0. The molecule has 1 aromatic rings. The first kappa shape index (κ1) is 8.73. The van der Waals surface area contributed by atoms with Crippen LogP contribution in [0.15, 0.2) is 30.3 Å². The largest absolute Gasteiger partial charge is 0.298 e. The highest BCUT2D eigenvalue weighted by molar-refractivity contribution is 5.18. The second kappa shape index (κ2) is 3.90. The van der Waals surface area contributed by atoms with Gasteiger partial charge in [-0.2, -0.15) is 0 Å². The van der Waals surface area contributed by atoms with E-state index in [0.717, 1.165) is 6.54 Å². The van der Waals surface area contributed by atoms with Crippen LogP contribution in [0, 0.1) is 0 Å². The zero-order chi connectivity index (χ0) is 9.10. The molecule has 1 saturated heterocycles. The van der Waals surface area contributed by atoms with E-state index in [1.807, 2.05) is 0 Å². The van der Waals surface area contributed by atoms with Gasteiger partial charge in [0, 0.05) is 6.54 Å². The summed E-state index contributed by atoms with van der Waals surface area (Å²) in [4.78, 5) is 2.36. The quantitative estimate of drug-likeness (QED) is 0.699. The molecular formula is C11H16N2. The third-order valence-corrected chi connectivity index (χ3v) is 2.58. The summed E-state index contributed by atoms with van der Waals surface area (Å²) in [5.41, 5.74) is 1.37. The molecule has 0 amide bonds. The third-order valence-electron chi connectivity index (χ3n) is 2.58. The van der Waals surface area contributed by atoms with Crippen LogP contribution in [0.3, 0.4) is 0 Å². The fourth-order valence-electron chi connectivity index (χ4n) is 1.86. The van der Waals surface area contributed by atoms with Crippen LogP contribution < -0.4 is 5.32 Å². The van der Waals surface area contributed by atoms with Gasteiger partial charge in [0.15, 0.2) is 0 Å². The molecule has 0 aliphatic carbocycles. The Morgan fingerprint density at radius 1 is 1.31 bits per heavy atom. The predicted octanol–water partition coefficient (Wildman–Crippen LogP) is 1.61. The van der Waals surface area contributed by atoms with Crippen LogP contribution in [0.4, 0.5) is 0 Å². The molecule has 0 spiro atoms. The molecule has 0 radical (unpaired) electrons. The fraction of sp³-hybridized carbons (Fsp3) is 0.455. The van der Waals surface area contributed by atoms with Crippen molar-refractivity contribution in [3.8, 4) is 0 Å². The van der Waals surface area contributed by atoms with Crippen molar-refractivity contribution < 1.29 is 0 Å². The average Bonchev–Trinajstić information content (AvgIpc) is 2.20. The molecule has 1 unspecified atom stereocenters. The Morgan fingerprint density at radius 2 is 2.08 bits per heavy atom. The van der Waals surface area contributed by atoms with Gasteiger partial charge in [0.25, 0.3) is 0 Å². The van der Waals surface area contributed by atoms with Crippen LogP contribution >= 0.6 is 0 Å². The minimum atomic E-state index is 0.412. The van der Waals surface area contributed by atoms with Crippen molar-refractivity contribution in [2.45, 2.75) is 12.6 Å². The van der Waals surface area contributed by atoms with Crippen molar-refractivity contribution in [2.75, 3.05) is 20.1 Å². The molecule has 1 aromatic carbocycles. The van der Waals surface area contributed by atoms with Gasteiger partial charge in [0.05, 0.1) is 6.17 Å². The Kier molecular flexibility index (Phi) is 2.62. The lowest BCUT2D eigenvalue weighted by Crippen LogP contribution is -2.42. The number of rotatable bonds is 1. The molecule has 1 N–H and O–H groups in total. The Hall–Kier alpha value is -0.860. The molecule has 1 aliphatic heterocycles. The van der Waals surface area contributed by atoms with Crippen LogP contribution in [0.2, 0.25) is 0 Å². The zero-order valence-corrected chi connectivity index (χ0v) is 8.03. The molecule has 1 aliphatic rings. The van der Waals surface area contributed by atoms with Gasteiger partial charge in [0.2, 0.25) is 0 Å². The van der Waals surface area contributed by atoms with Gasteiger partial charge < -0.3 is 0 Å². The van der Waals surface area contributed by atoms with E-state index >= 15 is 0 Å². The SMILES string of the molecule is CN1CCCNC1c1ccccc1. The Morgan fingerprint density at radius 3 is 2.77 bits per heavy atom. The van der Waals surface area contributed by atoms with Crippen LogP contribution in [0.25, 0.3) is 0 Å². The highest BCUT2D eigenvalue weighted by Crippen LogP contribution is 2.18. The first-order chi connectivity index (χ1) is 6.38. The van der Waals surface area contributed by atoms with Crippen LogP contribution in [-0.2, 0) is 0 Å². The molecule has 2 rings (SSSR count). The van der Waals surface area contributed by atoms with Crippen molar-refractivity contribution in [3.63, 3.8) is 0 Å². The van der Waals surface area contributed by atoms with Gasteiger partial charge in [0.1, 0.15) is 0 Å². The first-order valence-corrected chi connectivity index (χ1v) is 4.86. The standard InChI is InChI=1S/C11H16N2/c1-13-9-5-8-12-11(13)10-6-3-2-4-7-10/h2-4,6-7,11-12H,5,8-9H2,1H3. The van der Waals surface area contributed by atoms with Gasteiger partial charge >= 0.3 is 0 Å². The molecule has 2 heteroatoms. The topological polar surface area (TPSA) is 15.3 Å². The molecular weight excluding hydrogens is 160 g/mol. The molecule has 0 aromatic heterocycles. The summed E-state index contributed by atoms with van der Waals surface area (Å²) in [6.45, 7) is 2.32. The normalized spacial score (nSPS) is 24.5. The van der Waals surface area contributed by atoms with E-state index in [0.29, 0.717) is 6.17 Å². The number of nitrogens with one attached hydrogen (secondary N) is 1. The molecule has 0 saturated carbocycles. The van der Waals surface area contributed by atoms with Crippen molar-refractivity contribution >= 4 is 0 Å². The van der Waals surface area contributed by atoms with Gasteiger partial charge in [-0.3, -0.25) is 10.2 Å². The fourth-order valence-corrected chi connectivity index (χ4v) is 1.86. The van der Waals surface area contributed by atoms with E-state index in [1.165, 1.54) is 18.5 Å². The van der Waals surface area contributed by atoms with E-state index < -0.39 is 0 Å². The smallest absolute Gasteiger partial charge is 0.0858 e. The van der Waals surface area contributed by atoms with Gasteiger partial charge in [-0.1, -0.05) is 30.3 Å². The highest BCUT2D eigenvalue weighted by atomic mass is 15.3. The van der Waals surface area contributed by atoms with Crippen LogP contribution in [0.1, 0.15) is 18.2 Å². The first-order valence-electron chi connectivity index (χ1n) is 4.86. The van der Waals surface area contributed by atoms with Crippen molar-refractivity contribution in [3.05, 3.63) is 35.9 Å². The second-order valence-electron chi connectivity index (χ2n) is 3.60. The molecule has 1 fully saturated rings. The van der Waals surface area contributed by atoms with Crippen molar-refractivity contribution in [2.24, 2.45) is 0 Å². The average molecular weight is 176 g/mol. The number of hydrogen-bond donors (Lipinski definition) is 1. The van der Waals surface area contributed by atoms with Crippen LogP contribution in [0.5, 0.6) is 0 Å². The second-order valence-corrected chi connectivity index (χ2v) is 3.60. The minimum absolute atomic E-state index is 0.412. The van der Waals surface area contributed by atoms with Gasteiger partial charge in [-0.25, -0.2) is 0 Å². The van der Waals surface area contributed by atoms with Crippen molar-refractivity contribution in [1.29, 1.82) is 0 Å². The molecule has 70 valence electrons. The van der Waals surface area contributed by atoms with E-state index in [2.05, 4.69) is 47.6 Å². The summed E-state index contributed by atoms with van der Waals surface area (Å²) in [6, 6.07) is 10.6.